The fourth-order valence-electron chi connectivity index (χ4n) is 2.89. The second-order valence-electron chi connectivity index (χ2n) is 6.54. The molecule has 1 saturated heterocycles. The van der Waals surface area contributed by atoms with E-state index in [0.717, 1.165) is 0 Å². The van der Waals surface area contributed by atoms with Crippen molar-refractivity contribution in [1.29, 1.82) is 0 Å². The van der Waals surface area contributed by atoms with Crippen molar-refractivity contribution < 1.29 is 27.5 Å². The number of sulfonamides is 1. The number of anilines is 1. The van der Waals surface area contributed by atoms with Gasteiger partial charge in [-0.25, -0.2) is 8.42 Å². The summed E-state index contributed by atoms with van der Waals surface area (Å²) in [5, 5.41) is 6.31. The maximum Gasteiger partial charge on any atom is 0.265 e. The van der Waals surface area contributed by atoms with E-state index >= 15 is 0 Å². The molecule has 1 heterocycles. The molecule has 0 saturated carbocycles. The van der Waals surface area contributed by atoms with E-state index < -0.39 is 22.5 Å². The lowest BCUT2D eigenvalue weighted by molar-refractivity contribution is -0.120. The highest BCUT2D eigenvalue weighted by molar-refractivity contribution is 7.89. The van der Waals surface area contributed by atoms with Gasteiger partial charge in [-0.15, -0.1) is 0 Å². The molecule has 0 unspecified atom stereocenters. The van der Waals surface area contributed by atoms with Crippen LogP contribution in [-0.2, 0) is 24.4 Å². The zero-order valence-electron chi connectivity index (χ0n) is 17.0. The number of hydrogen-bond acceptors (Lipinski definition) is 7. The predicted molar refractivity (Wildman–Crippen MR) is 114 cm³/mol. The Kier molecular flexibility index (Phi) is 7.45. The number of carbonyl (C=O) groups is 1. The molecule has 166 valence electrons. The van der Waals surface area contributed by atoms with Crippen LogP contribution in [0.15, 0.2) is 58.6 Å². The first-order valence-corrected chi connectivity index (χ1v) is 10.9. The maximum absolute atomic E-state index is 12.9. The molecular weight excluding hydrogens is 424 g/mol. The number of ether oxygens (including phenoxy) is 2. The van der Waals surface area contributed by atoms with Gasteiger partial charge in [0.25, 0.3) is 5.91 Å². The van der Waals surface area contributed by atoms with Crippen LogP contribution in [0.4, 0.5) is 5.69 Å². The zero-order valence-corrected chi connectivity index (χ0v) is 17.8. The van der Waals surface area contributed by atoms with Crippen molar-refractivity contribution in [3.05, 3.63) is 54.1 Å². The first kappa shape index (κ1) is 22.5. The number of methoxy groups -OCH3 is 1. The minimum Gasteiger partial charge on any atom is -0.495 e. The second kappa shape index (κ2) is 10.2. The molecule has 10 nitrogen and oxygen atoms in total. The van der Waals surface area contributed by atoms with Gasteiger partial charge in [-0.1, -0.05) is 35.5 Å². The summed E-state index contributed by atoms with van der Waals surface area (Å²) in [6.45, 7) is 0.790. The topological polar surface area (TPSA) is 133 Å². The van der Waals surface area contributed by atoms with Gasteiger partial charge >= 0.3 is 0 Å². The molecule has 1 aliphatic rings. The number of morpholine rings is 1. The molecule has 0 atom stereocenters. The first-order chi connectivity index (χ1) is 14.9. The molecule has 11 heteroatoms. The van der Waals surface area contributed by atoms with Crippen molar-refractivity contribution in [3.63, 3.8) is 0 Å². The first-order valence-electron chi connectivity index (χ1n) is 9.48. The molecule has 1 aliphatic heterocycles. The summed E-state index contributed by atoms with van der Waals surface area (Å²) in [4.78, 5) is 17.3. The lowest BCUT2D eigenvalue weighted by Gasteiger charge is -2.26. The smallest absolute Gasteiger partial charge is 0.265 e. The summed E-state index contributed by atoms with van der Waals surface area (Å²) in [6.07, 6.45) is 0. The number of amidine groups is 1. The van der Waals surface area contributed by atoms with E-state index in [9.17, 15) is 13.2 Å². The highest BCUT2D eigenvalue weighted by Gasteiger charge is 2.27. The Bertz CT molecular complexity index is 1040. The average Bonchev–Trinajstić information content (AvgIpc) is 2.80. The average molecular weight is 449 g/mol. The third-order valence-corrected chi connectivity index (χ3v) is 6.38. The van der Waals surface area contributed by atoms with Crippen molar-refractivity contribution in [2.75, 3.05) is 45.3 Å². The molecule has 1 amide bonds. The number of nitrogens with one attached hydrogen (secondary N) is 1. The van der Waals surface area contributed by atoms with Crippen LogP contribution >= 0.6 is 0 Å². The molecule has 3 N–H and O–H groups in total. The molecular formula is C20H24N4O6S. The van der Waals surface area contributed by atoms with E-state index in [4.69, 9.17) is 20.0 Å². The van der Waals surface area contributed by atoms with Crippen molar-refractivity contribution >= 4 is 27.5 Å². The molecule has 0 spiro atoms. The maximum atomic E-state index is 12.9. The summed E-state index contributed by atoms with van der Waals surface area (Å²) >= 11 is 0. The quantitative estimate of drug-likeness (QED) is 0.350. The zero-order chi connectivity index (χ0) is 22.3. The van der Waals surface area contributed by atoms with Crippen LogP contribution in [-0.4, -0.2) is 64.5 Å². The Morgan fingerprint density at radius 2 is 1.90 bits per heavy atom. The van der Waals surface area contributed by atoms with Crippen LogP contribution in [0.1, 0.15) is 5.56 Å². The summed E-state index contributed by atoms with van der Waals surface area (Å²) in [7, 11) is -2.31. The number of hydrogen-bond donors (Lipinski definition) is 2. The van der Waals surface area contributed by atoms with Crippen LogP contribution in [0.5, 0.6) is 5.75 Å². The van der Waals surface area contributed by atoms with Crippen molar-refractivity contribution in [2.45, 2.75) is 4.90 Å². The third-order valence-electron chi connectivity index (χ3n) is 4.48. The third kappa shape index (κ3) is 5.72. The number of rotatable bonds is 8. The van der Waals surface area contributed by atoms with Gasteiger partial charge < -0.3 is 25.4 Å². The van der Waals surface area contributed by atoms with Gasteiger partial charge in [0.1, 0.15) is 5.75 Å². The standard InChI is InChI=1S/C20H24N4O6S/c1-28-18-8-7-16(31(26,27)24-9-11-29-12-10-24)13-17(18)22-19(25)14-30-23-20(21)15-5-3-2-4-6-15/h2-8,13H,9-12,14H2,1H3,(H2,21,23)(H,22,25). The normalized spacial score (nSPS) is 15.3. The SMILES string of the molecule is COc1ccc(S(=O)(=O)N2CCOCC2)cc1NC(=O)CO/N=C(\N)c1ccccc1. The van der Waals surface area contributed by atoms with Crippen LogP contribution in [0.3, 0.4) is 0 Å². The molecule has 2 aromatic carbocycles. The van der Waals surface area contributed by atoms with E-state index in [1.165, 1.54) is 29.6 Å². The van der Waals surface area contributed by atoms with Gasteiger partial charge in [0.15, 0.2) is 12.4 Å². The van der Waals surface area contributed by atoms with Gasteiger partial charge in [-0.05, 0) is 18.2 Å². The van der Waals surface area contributed by atoms with Crippen molar-refractivity contribution in [1.82, 2.24) is 4.31 Å². The molecule has 1 fully saturated rings. The summed E-state index contributed by atoms with van der Waals surface area (Å²) in [5.74, 6) is -0.116. The van der Waals surface area contributed by atoms with Gasteiger partial charge in [0, 0.05) is 18.7 Å². The highest BCUT2D eigenvalue weighted by atomic mass is 32.2. The lowest BCUT2D eigenvalue weighted by Crippen LogP contribution is -2.40. The predicted octanol–water partition coefficient (Wildman–Crippen LogP) is 0.992. The largest absolute Gasteiger partial charge is 0.495 e. The monoisotopic (exact) mass is 448 g/mol. The fourth-order valence-corrected chi connectivity index (χ4v) is 4.32. The van der Waals surface area contributed by atoms with E-state index in [-0.39, 0.29) is 29.5 Å². The molecule has 0 radical (unpaired) electrons. The number of amides is 1. The van der Waals surface area contributed by atoms with E-state index in [1.807, 2.05) is 6.07 Å². The Balaban J connectivity index is 1.68. The van der Waals surface area contributed by atoms with Crippen molar-refractivity contribution in [3.8, 4) is 5.75 Å². The highest BCUT2D eigenvalue weighted by Crippen LogP contribution is 2.29. The van der Waals surface area contributed by atoms with E-state index in [0.29, 0.717) is 24.5 Å². The van der Waals surface area contributed by atoms with E-state index in [1.54, 1.807) is 24.3 Å². The van der Waals surface area contributed by atoms with Gasteiger partial charge in [-0.3, -0.25) is 4.79 Å². The summed E-state index contributed by atoms with van der Waals surface area (Å²) in [6, 6.07) is 13.2. The lowest BCUT2D eigenvalue weighted by atomic mass is 10.2. The second-order valence-corrected chi connectivity index (χ2v) is 8.48. The van der Waals surface area contributed by atoms with Gasteiger partial charge in [0.05, 0.1) is 30.9 Å². The molecule has 0 aliphatic carbocycles. The Morgan fingerprint density at radius 1 is 1.19 bits per heavy atom. The van der Waals surface area contributed by atoms with Crippen molar-refractivity contribution in [2.24, 2.45) is 10.9 Å². The number of oxime groups is 1. The number of nitrogens with two attached hydrogens (primary N) is 1. The molecule has 0 aromatic heterocycles. The summed E-state index contributed by atoms with van der Waals surface area (Å²) < 4.78 is 37.5. The van der Waals surface area contributed by atoms with Gasteiger partial charge in [0.2, 0.25) is 10.0 Å². The minimum absolute atomic E-state index is 0.0396. The van der Waals surface area contributed by atoms with Gasteiger partial charge in [-0.2, -0.15) is 4.31 Å². The number of benzene rings is 2. The Morgan fingerprint density at radius 3 is 2.58 bits per heavy atom. The minimum atomic E-state index is -3.73. The molecule has 0 bridgehead atoms. The Hall–Kier alpha value is -3.15. The fraction of sp³-hybridized carbons (Fsp3) is 0.300. The Labute approximate surface area is 180 Å². The molecule has 3 rings (SSSR count). The number of carbonyl (C=O) groups excluding carboxylic acids is 1. The molecule has 31 heavy (non-hydrogen) atoms. The van der Waals surface area contributed by atoms with E-state index in [2.05, 4.69) is 10.5 Å². The van der Waals surface area contributed by atoms with Crippen LogP contribution < -0.4 is 15.8 Å². The van der Waals surface area contributed by atoms with Crippen LogP contribution in [0.25, 0.3) is 0 Å². The summed E-state index contributed by atoms with van der Waals surface area (Å²) in [5.41, 5.74) is 6.67. The van der Waals surface area contributed by atoms with Crippen LogP contribution in [0.2, 0.25) is 0 Å². The van der Waals surface area contributed by atoms with Crippen LogP contribution in [0, 0.1) is 0 Å². The number of nitrogens with zero attached hydrogens (tertiary/aromatic N) is 2. The molecule has 2 aromatic rings.